The van der Waals surface area contributed by atoms with Gasteiger partial charge in [-0.3, -0.25) is 0 Å². The summed E-state index contributed by atoms with van der Waals surface area (Å²) in [4.78, 5) is 2.35. The van der Waals surface area contributed by atoms with Crippen LogP contribution in [0.15, 0.2) is 42.5 Å². The van der Waals surface area contributed by atoms with Crippen molar-refractivity contribution in [3.63, 3.8) is 0 Å². The van der Waals surface area contributed by atoms with E-state index >= 15 is 0 Å². The van der Waals surface area contributed by atoms with Crippen molar-refractivity contribution in [2.24, 2.45) is 5.92 Å². The summed E-state index contributed by atoms with van der Waals surface area (Å²) in [6.45, 7) is 3.98. The quantitative estimate of drug-likeness (QED) is 0.934. The lowest BCUT2D eigenvalue weighted by atomic mass is 9.93. The highest BCUT2D eigenvalue weighted by molar-refractivity contribution is 5.57. The SMILES string of the molecule is COc1ccc(O)c(CN2CC(C)Cc3ccccc32)c1. The highest BCUT2D eigenvalue weighted by Crippen LogP contribution is 2.32. The second-order valence-corrected chi connectivity index (χ2v) is 5.81. The maximum Gasteiger partial charge on any atom is 0.120 e. The first-order valence-electron chi connectivity index (χ1n) is 7.36. The molecule has 1 N–H and O–H groups in total. The maximum atomic E-state index is 10.1. The van der Waals surface area contributed by atoms with Crippen molar-refractivity contribution in [2.75, 3.05) is 18.6 Å². The standard InChI is InChI=1S/C18H21NO2/c1-13-9-14-5-3-4-6-17(14)19(11-13)12-15-10-16(21-2)7-8-18(15)20/h3-8,10,13,20H,9,11-12H2,1-2H3. The monoisotopic (exact) mass is 283 g/mol. The highest BCUT2D eigenvalue weighted by atomic mass is 16.5. The van der Waals surface area contributed by atoms with Gasteiger partial charge in [-0.15, -0.1) is 0 Å². The van der Waals surface area contributed by atoms with Gasteiger partial charge in [0, 0.05) is 24.3 Å². The molecule has 0 radical (unpaired) electrons. The van der Waals surface area contributed by atoms with Crippen molar-refractivity contribution in [1.29, 1.82) is 0 Å². The Labute approximate surface area is 125 Å². The molecule has 1 aliphatic heterocycles. The van der Waals surface area contributed by atoms with Crippen LogP contribution < -0.4 is 9.64 Å². The van der Waals surface area contributed by atoms with Crippen LogP contribution in [0.5, 0.6) is 11.5 Å². The van der Waals surface area contributed by atoms with Gasteiger partial charge in [0.2, 0.25) is 0 Å². The number of fused-ring (bicyclic) bond motifs is 1. The molecule has 0 aromatic heterocycles. The fraction of sp³-hybridized carbons (Fsp3) is 0.333. The molecule has 0 fully saturated rings. The number of hydrogen-bond acceptors (Lipinski definition) is 3. The molecule has 21 heavy (non-hydrogen) atoms. The summed E-state index contributed by atoms with van der Waals surface area (Å²) in [6.07, 6.45) is 1.12. The Hall–Kier alpha value is -2.16. The Bertz CT molecular complexity index is 639. The van der Waals surface area contributed by atoms with Crippen LogP contribution in [0.1, 0.15) is 18.1 Å². The zero-order chi connectivity index (χ0) is 14.8. The van der Waals surface area contributed by atoms with Gasteiger partial charge < -0.3 is 14.7 Å². The number of phenols is 1. The van der Waals surface area contributed by atoms with E-state index in [2.05, 4.69) is 36.1 Å². The molecule has 0 bridgehead atoms. The number of rotatable bonds is 3. The normalized spacial score (nSPS) is 17.4. The van der Waals surface area contributed by atoms with Crippen LogP contribution >= 0.6 is 0 Å². The number of anilines is 1. The molecule has 3 nitrogen and oxygen atoms in total. The predicted molar refractivity (Wildman–Crippen MR) is 85.0 cm³/mol. The first-order chi connectivity index (χ1) is 10.2. The molecule has 110 valence electrons. The molecular weight excluding hydrogens is 262 g/mol. The summed E-state index contributed by atoms with van der Waals surface area (Å²) < 4.78 is 5.26. The Balaban J connectivity index is 1.91. The van der Waals surface area contributed by atoms with E-state index in [4.69, 9.17) is 4.74 Å². The number of aromatic hydroxyl groups is 1. The number of methoxy groups -OCH3 is 1. The minimum Gasteiger partial charge on any atom is -0.508 e. The molecular formula is C18H21NO2. The second kappa shape index (κ2) is 5.68. The smallest absolute Gasteiger partial charge is 0.120 e. The maximum absolute atomic E-state index is 10.1. The molecule has 1 unspecified atom stereocenters. The van der Waals surface area contributed by atoms with E-state index < -0.39 is 0 Å². The van der Waals surface area contributed by atoms with Gasteiger partial charge in [-0.05, 0) is 42.2 Å². The van der Waals surface area contributed by atoms with Crippen LogP contribution in [-0.4, -0.2) is 18.8 Å². The number of hydrogen-bond donors (Lipinski definition) is 1. The molecule has 1 heterocycles. The average molecular weight is 283 g/mol. The number of nitrogens with zero attached hydrogens (tertiary/aromatic N) is 1. The van der Waals surface area contributed by atoms with E-state index in [-0.39, 0.29) is 0 Å². The predicted octanol–water partition coefficient (Wildman–Crippen LogP) is 3.60. The van der Waals surface area contributed by atoms with Crippen LogP contribution in [-0.2, 0) is 13.0 Å². The van der Waals surface area contributed by atoms with E-state index in [1.807, 2.05) is 6.07 Å². The van der Waals surface area contributed by atoms with Crippen molar-refractivity contribution in [3.05, 3.63) is 53.6 Å². The van der Waals surface area contributed by atoms with Gasteiger partial charge in [-0.1, -0.05) is 25.1 Å². The fourth-order valence-electron chi connectivity index (χ4n) is 3.08. The zero-order valence-electron chi connectivity index (χ0n) is 12.5. The first-order valence-corrected chi connectivity index (χ1v) is 7.36. The second-order valence-electron chi connectivity index (χ2n) is 5.81. The van der Waals surface area contributed by atoms with Gasteiger partial charge >= 0.3 is 0 Å². The Morgan fingerprint density at radius 1 is 1.24 bits per heavy atom. The van der Waals surface area contributed by atoms with Gasteiger partial charge in [-0.2, -0.15) is 0 Å². The molecule has 0 aliphatic carbocycles. The molecule has 0 amide bonds. The van der Waals surface area contributed by atoms with Crippen LogP contribution in [0.25, 0.3) is 0 Å². The number of phenolic OH excluding ortho intramolecular Hbond substituents is 1. The molecule has 1 aliphatic rings. The van der Waals surface area contributed by atoms with Gasteiger partial charge in [-0.25, -0.2) is 0 Å². The lowest BCUT2D eigenvalue weighted by molar-refractivity contribution is 0.410. The van der Waals surface area contributed by atoms with Crippen LogP contribution in [0.4, 0.5) is 5.69 Å². The van der Waals surface area contributed by atoms with Gasteiger partial charge in [0.1, 0.15) is 11.5 Å². The van der Waals surface area contributed by atoms with Gasteiger partial charge in [0.05, 0.1) is 7.11 Å². The largest absolute Gasteiger partial charge is 0.508 e. The molecule has 3 heteroatoms. The zero-order valence-corrected chi connectivity index (χ0v) is 12.5. The molecule has 2 aromatic carbocycles. The van der Waals surface area contributed by atoms with Gasteiger partial charge in [0.15, 0.2) is 0 Å². The Morgan fingerprint density at radius 3 is 2.86 bits per heavy atom. The Kier molecular flexibility index (Phi) is 3.74. The van der Waals surface area contributed by atoms with Crippen molar-refractivity contribution in [2.45, 2.75) is 19.9 Å². The molecule has 0 saturated heterocycles. The summed E-state index contributed by atoms with van der Waals surface area (Å²) in [5.74, 6) is 1.72. The van der Waals surface area contributed by atoms with Crippen molar-refractivity contribution >= 4 is 5.69 Å². The van der Waals surface area contributed by atoms with E-state index in [1.54, 1.807) is 19.2 Å². The summed E-state index contributed by atoms with van der Waals surface area (Å²) in [5.41, 5.74) is 3.56. The first kappa shape index (κ1) is 13.8. The minimum absolute atomic E-state index is 0.325. The number of ether oxygens (including phenoxy) is 1. The third-order valence-corrected chi connectivity index (χ3v) is 4.08. The van der Waals surface area contributed by atoms with Crippen LogP contribution in [0.3, 0.4) is 0 Å². The van der Waals surface area contributed by atoms with Crippen molar-refractivity contribution < 1.29 is 9.84 Å². The molecule has 0 saturated carbocycles. The van der Waals surface area contributed by atoms with Gasteiger partial charge in [0.25, 0.3) is 0 Å². The number of benzene rings is 2. The fourth-order valence-corrected chi connectivity index (χ4v) is 3.08. The molecule has 2 aromatic rings. The molecule has 1 atom stereocenters. The summed E-state index contributed by atoms with van der Waals surface area (Å²) >= 11 is 0. The van der Waals surface area contributed by atoms with E-state index in [9.17, 15) is 5.11 Å². The lowest BCUT2D eigenvalue weighted by Crippen LogP contribution is -2.33. The van der Waals surface area contributed by atoms with Crippen molar-refractivity contribution in [3.8, 4) is 11.5 Å². The van der Waals surface area contributed by atoms with E-state index in [0.717, 1.165) is 24.3 Å². The summed E-state index contributed by atoms with van der Waals surface area (Å²) in [7, 11) is 1.65. The van der Waals surface area contributed by atoms with Crippen molar-refractivity contribution in [1.82, 2.24) is 0 Å². The summed E-state index contributed by atoms with van der Waals surface area (Å²) in [5, 5.41) is 10.1. The van der Waals surface area contributed by atoms with E-state index in [0.29, 0.717) is 18.2 Å². The minimum atomic E-state index is 0.325. The van der Waals surface area contributed by atoms with Crippen LogP contribution in [0, 0.1) is 5.92 Å². The number of para-hydroxylation sites is 1. The third kappa shape index (κ3) is 2.82. The Morgan fingerprint density at radius 2 is 2.05 bits per heavy atom. The molecule has 3 rings (SSSR count). The molecule has 0 spiro atoms. The van der Waals surface area contributed by atoms with Crippen LogP contribution in [0.2, 0.25) is 0 Å². The lowest BCUT2D eigenvalue weighted by Gasteiger charge is -2.35. The van der Waals surface area contributed by atoms with E-state index in [1.165, 1.54) is 11.3 Å². The summed E-state index contributed by atoms with van der Waals surface area (Å²) in [6, 6.07) is 13.9. The third-order valence-electron chi connectivity index (χ3n) is 4.08. The topological polar surface area (TPSA) is 32.7 Å². The average Bonchev–Trinajstić information content (AvgIpc) is 2.49. The highest BCUT2D eigenvalue weighted by Gasteiger charge is 2.22.